The predicted octanol–water partition coefficient (Wildman–Crippen LogP) is 2.94. The maximum Gasteiger partial charge on any atom is 0.128 e. The Morgan fingerprint density at radius 1 is 1.50 bits per heavy atom. The summed E-state index contributed by atoms with van der Waals surface area (Å²) in [4.78, 5) is 0. The van der Waals surface area contributed by atoms with Gasteiger partial charge in [0.1, 0.15) is 5.75 Å². The highest BCUT2D eigenvalue weighted by molar-refractivity contribution is 6.30. The van der Waals surface area contributed by atoms with Crippen molar-refractivity contribution in [1.82, 2.24) is 0 Å². The summed E-state index contributed by atoms with van der Waals surface area (Å²) in [7, 11) is 0. The third-order valence-corrected chi connectivity index (χ3v) is 1.77. The van der Waals surface area contributed by atoms with Gasteiger partial charge in [0, 0.05) is 10.6 Å². The molecule has 76 valence electrons. The maximum absolute atomic E-state index is 8.44. The summed E-state index contributed by atoms with van der Waals surface area (Å²) in [5, 5.41) is 12.0. The fourth-order valence-corrected chi connectivity index (χ4v) is 1.22. The zero-order valence-corrected chi connectivity index (χ0v) is 8.82. The van der Waals surface area contributed by atoms with E-state index in [1.54, 1.807) is 18.2 Å². The summed E-state index contributed by atoms with van der Waals surface area (Å²) in [6.45, 7) is 3.85. The molecule has 1 rings (SSSR count). The van der Waals surface area contributed by atoms with Crippen LogP contribution in [0.25, 0.3) is 0 Å². The van der Waals surface area contributed by atoms with Gasteiger partial charge in [-0.1, -0.05) is 16.8 Å². The van der Waals surface area contributed by atoms with Crippen molar-refractivity contribution in [1.29, 1.82) is 0 Å². The standard InChI is InChI=1S/C10H12ClNO2/c1-7(2)14-10-4-3-9(11)5-8(10)6-12-13/h3-7,13H,1-2H3/b12-6+. The molecule has 0 fully saturated rings. The quantitative estimate of drug-likeness (QED) is 0.477. The molecule has 0 aromatic heterocycles. The maximum atomic E-state index is 8.44. The van der Waals surface area contributed by atoms with E-state index in [-0.39, 0.29) is 6.10 Å². The second kappa shape index (κ2) is 4.86. The van der Waals surface area contributed by atoms with Gasteiger partial charge in [-0.15, -0.1) is 0 Å². The minimum absolute atomic E-state index is 0.0713. The number of nitrogens with zero attached hydrogens (tertiary/aromatic N) is 1. The molecule has 0 radical (unpaired) electrons. The Morgan fingerprint density at radius 3 is 2.79 bits per heavy atom. The van der Waals surface area contributed by atoms with Crippen molar-refractivity contribution in [3.63, 3.8) is 0 Å². The van der Waals surface area contributed by atoms with Crippen molar-refractivity contribution in [3.8, 4) is 5.75 Å². The molecule has 0 bridgehead atoms. The van der Waals surface area contributed by atoms with Crippen LogP contribution in [-0.2, 0) is 0 Å². The van der Waals surface area contributed by atoms with E-state index in [2.05, 4.69) is 5.16 Å². The second-order valence-electron chi connectivity index (χ2n) is 3.09. The van der Waals surface area contributed by atoms with E-state index in [9.17, 15) is 0 Å². The first-order valence-electron chi connectivity index (χ1n) is 4.27. The summed E-state index contributed by atoms with van der Waals surface area (Å²) < 4.78 is 5.49. The third kappa shape index (κ3) is 2.92. The van der Waals surface area contributed by atoms with Gasteiger partial charge in [-0.25, -0.2) is 0 Å². The summed E-state index contributed by atoms with van der Waals surface area (Å²) in [6.07, 6.45) is 1.37. The molecule has 0 unspecified atom stereocenters. The molecule has 0 aliphatic carbocycles. The third-order valence-electron chi connectivity index (χ3n) is 1.53. The van der Waals surface area contributed by atoms with E-state index >= 15 is 0 Å². The van der Waals surface area contributed by atoms with Crippen molar-refractivity contribution in [2.24, 2.45) is 5.16 Å². The Labute approximate surface area is 88.0 Å². The van der Waals surface area contributed by atoms with Crippen molar-refractivity contribution in [2.75, 3.05) is 0 Å². The molecule has 0 spiro atoms. The van der Waals surface area contributed by atoms with E-state index in [4.69, 9.17) is 21.5 Å². The SMILES string of the molecule is CC(C)Oc1ccc(Cl)cc1/C=N/O. The lowest BCUT2D eigenvalue weighted by molar-refractivity contribution is 0.242. The molecule has 0 aliphatic rings. The number of halogens is 1. The summed E-state index contributed by atoms with van der Waals surface area (Å²) in [6, 6.07) is 5.16. The first-order chi connectivity index (χ1) is 6.63. The zero-order valence-electron chi connectivity index (χ0n) is 8.07. The van der Waals surface area contributed by atoms with Crippen LogP contribution in [0.15, 0.2) is 23.4 Å². The molecule has 0 amide bonds. The fourth-order valence-electron chi connectivity index (χ4n) is 1.04. The molecule has 1 N–H and O–H groups in total. The molecule has 4 heteroatoms. The molecule has 0 aliphatic heterocycles. The summed E-state index contributed by atoms with van der Waals surface area (Å²) in [5.74, 6) is 0.655. The van der Waals surface area contributed by atoms with E-state index in [1.165, 1.54) is 6.21 Å². The molecule has 1 aromatic rings. The van der Waals surface area contributed by atoms with Crippen LogP contribution in [-0.4, -0.2) is 17.5 Å². The topological polar surface area (TPSA) is 41.8 Å². The lowest BCUT2D eigenvalue weighted by Crippen LogP contribution is -2.07. The minimum Gasteiger partial charge on any atom is -0.490 e. The number of rotatable bonds is 3. The van der Waals surface area contributed by atoms with Crippen LogP contribution in [0.1, 0.15) is 19.4 Å². The van der Waals surface area contributed by atoms with Gasteiger partial charge < -0.3 is 9.94 Å². The van der Waals surface area contributed by atoms with Crippen LogP contribution in [0.2, 0.25) is 5.02 Å². The van der Waals surface area contributed by atoms with Crippen molar-refractivity contribution < 1.29 is 9.94 Å². The minimum atomic E-state index is 0.0713. The largest absolute Gasteiger partial charge is 0.490 e. The van der Waals surface area contributed by atoms with E-state index in [0.29, 0.717) is 16.3 Å². The Bertz CT molecular complexity index is 337. The van der Waals surface area contributed by atoms with Crippen LogP contribution in [0.4, 0.5) is 0 Å². The van der Waals surface area contributed by atoms with E-state index in [0.717, 1.165) is 0 Å². The van der Waals surface area contributed by atoms with Crippen molar-refractivity contribution in [2.45, 2.75) is 20.0 Å². The number of oxime groups is 1. The van der Waals surface area contributed by atoms with Gasteiger partial charge in [-0.2, -0.15) is 0 Å². The van der Waals surface area contributed by atoms with Gasteiger partial charge in [0.05, 0.1) is 12.3 Å². The highest BCUT2D eigenvalue weighted by atomic mass is 35.5. The number of ether oxygens (including phenoxy) is 1. The number of hydrogen-bond acceptors (Lipinski definition) is 3. The summed E-state index contributed by atoms with van der Waals surface area (Å²) >= 11 is 5.79. The first-order valence-corrected chi connectivity index (χ1v) is 4.65. The Morgan fingerprint density at radius 2 is 2.21 bits per heavy atom. The molecular formula is C10H12ClNO2. The normalized spacial score (nSPS) is 11.1. The zero-order chi connectivity index (χ0) is 10.6. The highest BCUT2D eigenvalue weighted by Gasteiger charge is 2.04. The van der Waals surface area contributed by atoms with Crippen molar-refractivity contribution in [3.05, 3.63) is 28.8 Å². The van der Waals surface area contributed by atoms with Gasteiger partial charge >= 0.3 is 0 Å². The molecule has 0 atom stereocenters. The molecule has 0 heterocycles. The van der Waals surface area contributed by atoms with Gasteiger partial charge in [0.2, 0.25) is 0 Å². The van der Waals surface area contributed by atoms with Crippen LogP contribution in [0.3, 0.4) is 0 Å². The fraction of sp³-hybridized carbons (Fsp3) is 0.300. The average molecular weight is 214 g/mol. The first kappa shape index (κ1) is 10.9. The monoisotopic (exact) mass is 213 g/mol. The Kier molecular flexibility index (Phi) is 3.77. The van der Waals surface area contributed by atoms with Gasteiger partial charge in [-0.3, -0.25) is 0 Å². The predicted molar refractivity (Wildman–Crippen MR) is 56.6 cm³/mol. The molecule has 14 heavy (non-hydrogen) atoms. The number of benzene rings is 1. The van der Waals surface area contributed by atoms with Crippen LogP contribution in [0, 0.1) is 0 Å². The molecular weight excluding hydrogens is 202 g/mol. The highest BCUT2D eigenvalue weighted by Crippen LogP contribution is 2.22. The van der Waals surface area contributed by atoms with Gasteiger partial charge in [-0.05, 0) is 32.0 Å². The van der Waals surface area contributed by atoms with Crippen LogP contribution < -0.4 is 4.74 Å². The Balaban J connectivity index is 3.01. The number of hydrogen-bond donors (Lipinski definition) is 1. The van der Waals surface area contributed by atoms with Crippen LogP contribution >= 0.6 is 11.6 Å². The van der Waals surface area contributed by atoms with E-state index in [1.807, 2.05) is 13.8 Å². The van der Waals surface area contributed by atoms with Gasteiger partial charge in [0.25, 0.3) is 0 Å². The molecule has 3 nitrogen and oxygen atoms in total. The molecule has 0 saturated heterocycles. The lowest BCUT2D eigenvalue weighted by Gasteiger charge is -2.11. The van der Waals surface area contributed by atoms with Crippen LogP contribution in [0.5, 0.6) is 5.75 Å². The average Bonchev–Trinajstić information content (AvgIpc) is 2.09. The summed E-state index contributed by atoms with van der Waals surface area (Å²) in [5.41, 5.74) is 0.661. The van der Waals surface area contributed by atoms with Crippen molar-refractivity contribution >= 4 is 17.8 Å². The molecule has 1 aromatic carbocycles. The van der Waals surface area contributed by atoms with E-state index < -0.39 is 0 Å². The lowest BCUT2D eigenvalue weighted by atomic mass is 10.2. The smallest absolute Gasteiger partial charge is 0.128 e. The Hall–Kier alpha value is -1.22. The van der Waals surface area contributed by atoms with Gasteiger partial charge in [0.15, 0.2) is 0 Å². The second-order valence-corrected chi connectivity index (χ2v) is 3.53. The molecule has 0 saturated carbocycles.